The number of nitrogens with zero attached hydrogens (tertiary/aromatic N) is 2. The maximum absolute atomic E-state index is 12.1. The van der Waals surface area contributed by atoms with Crippen molar-refractivity contribution in [2.75, 3.05) is 0 Å². The van der Waals surface area contributed by atoms with E-state index in [0.717, 1.165) is 0 Å². The van der Waals surface area contributed by atoms with Crippen LogP contribution in [0.5, 0.6) is 5.88 Å². The van der Waals surface area contributed by atoms with Crippen LogP contribution < -0.4 is 4.74 Å². The van der Waals surface area contributed by atoms with E-state index in [1.807, 2.05) is 22.9 Å². The van der Waals surface area contributed by atoms with Gasteiger partial charge in [-0.3, -0.25) is 0 Å². The molecule has 0 amide bonds. The highest BCUT2D eigenvalue weighted by Gasteiger charge is 2.57. The Morgan fingerprint density at radius 1 is 1.57 bits per heavy atom. The monoisotopic (exact) mass is 318 g/mol. The van der Waals surface area contributed by atoms with Gasteiger partial charge in [0.15, 0.2) is 0 Å². The van der Waals surface area contributed by atoms with Crippen LogP contribution in [0.4, 0.5) is 13.2 Å². The molecule has 0 N–H and O–H groups in total. The molecule has 3 nitrogen and oxygen atoms in total. The third-order valence-corrected chi connectivity index (χ3v) is 2.50. The first-order valence-electron chi connectivity index (χ1n) is 3.92. The van der Waals surface area contributed by atoms with Crippen molar-refractivity contribution in [1.82, 2.24) is 7.99 Å². The number of hydrogen-bond donors (Lipinski definition) is 0. The molecule has 1 fully saturated rings. The topological polar surface area (TPSA) is 27.1 Å². The summed E-state index contributed by atoms with van der Waals surface area (Å²) in [6.45, 7) is 0. The summed E-state index contributed by atoms with van der Waals surface area (Å²) in [5.74, 6) is -1.07. The van der Waals surface area contributed by atoms with Crippen LogP contribution in [-0.2, 0) is 0 Å². The van der Waals surface area contributed by atoms with Crippen LogP contribution in [0.2, 0.25) is 0 Å². The van der Waals surface area contributed by atoms with E-state index in [0.29, 0.717) is 0 Å². The van der Waals surface area contributed by atoms with E-state index in [1.165, 1.54) is 8.96 Å². The lowest BCUT2D eigenvalue weighted by Gasteiger charge is -2.04. The minimum Gasteiger partial charge on any atom is -0.473 e. The Kier molecular flexibility index (Phi) is 2.36. The summed E-state index contributed by atoms with van der Waals surface area (Å²) < 4.78 is 42.8. The van der Waals surface area contributed by atoms with E-state index >= 15 is 0 Å². The Balaban J connectivity index is 1.90. The summed E-state index contributed by atoms with van der Waals surface area (Å²) in [6, 6.07) is 1.54. The van der Waals surface area contributed by atoms with Crippen LogP contribution >= 0.6 is 22.9 Å². The van der Waals surface area contributed by atoms with Gasteiger partial charge in [-0.1, -0.05) is 0 Å². The second kappa shape index (κ2) is 3.28. The van der Waals surface area contributed by atoms with E-state index in [9.17, 15) is 13.2 Å². The van der Waals surface area contributed by atoms with Gasteiger partial charge >= 0.3 is 6.18 Å². The van der Waals surface area contributed by atoms with Crippen molar-refractivity contribution in [3.63, 3.8) is 0 Å². The first-order chi connectivity index (χ1) is 6.47. The lowest BCUT2D eigenvalue weighted by atomic mass is 10.4. The van der Waals surface area contributed by atoms with Crippen LogP contribution in [0, 0.1) is 5.92 Å². The Morgan fingerprint density at radius 2 is 2.29 bits per heavy atom. The minimum atomic E-state index is -4.14. The zero-order valence-electron chi connectivity index (χ0n) is 6.83. The number of aromatic nitrogens is 2. The van der Waals surface area contributed by atoms with E-state index in [2.05, 4.69) is 5.10 Å². The van der Waals surface area contributed by atoms with Crippen molar-refractivity contribution >= 4 is 22.9 Å². The fraction of sp³-hybridized carbons (Fsp3) is 0.571. The van der Waals surface area contributed by atoms with Gasteiger partial charge < -0.3 is 4.74 Å². The molecule has 0 spiro atoms. The first kappa shape index (κ1) is 10.1. The molecule has 1 aliphatic rings. The molecule has 0 bridgehead atoms. The smallest absolute Gasteiger partial charge is 0.395 e. The molecule has 0 aromatic carbocycles. The number of alkyl halides is 3. The molecule has 1 aliphatic carbocycles. The Hall–Kier alpha value is -0.470. The van der Waals surface area contributed by atoms with Crippen molar-refractivity contribution in [3.8, 4) is 5.88 Å². The number of halogens is 4. The molecule has 78 valence electrons. The van der Waals surface area contributed by atoms with Crippen molar-refractivity contribution in [3.05, 3.63) is 12.3 Å². The average Bonchev–Trinajstić information content (AvgIpc) is 2.69. The summed E-state index contributed by atoms with van der Waals surface area (Å²) in [4.78, 5) is 0. The number of hydrogen-bond acceptors (Lipinski definition) is 2. The quantitative estimate of drug-likeness (QED) is 0.783. The van der Waals surface area contributed by atoms with Crippen LogP contribution in [0.25, 0.3) is 0 Å². The molecule has 0 radical (unpaired) electrons. The van der Waals surface area contributed by atoms with Crippen LogP contribution in [0.15, 0.2) is 12.3 Å². The minimum absolute atomic E-state index is 0.0393. The van der Waals surface area contributed by atoms with E-state index in [-0.39, 0.29) is 12.3 Å². The zero-order chi connectivity index (χ0) is 10.3. The number of ether oxygens (including phenoxy) is 1. The van der Waals surface area contributed by atoms with Gasteiger partial charge in [0, 0.05) is 12.3 Å². The standard InChI is InChI=1S/C7H6F3IN2O/c8-7(9,10)4-3-5(4)14-6-1-2-13(11)12-6/h1-2,4-5H,3H2/t4-,5-/m1/s1. The largest absolute Gasteiger partial charge is 0.473 e. The fourth-order valence-corrected chi connectivity index (χ4v) is 1.52. The summed E-state index contributed by atoms with van der Waals surface area (Å²) in [7, 11) is 0. The first-order valence-corrected chi connectivity index (χ1v) is 4.88. The molecule has 1 aromatic heterocycles. The molecular weight excluding hydrogens is 312 g/mol. The molecule has 0 unspecified atom stereocenters. The normalized spacial score (nSPS) is 26.3. The molecule has 0 saturated heterocycles. The molecule has 2 atom stereocenters. The van der Waals surface area contributed by atoms with E-state index < -0.39 is 18.2 Å². The summed E-state index contributed by atoms with van der Waals surface area (Å²) in [6.07, 6.45) is -3.24. The lowest BCUT2D eigenvalue weighted by molar-refractivity contribution is -0.153. The second-order valence-corrected chi connectivity index (χ2v) is 4.07. The molecule has 7 heteroatoms. The van der Waals surface area contributed by atoms with Crippen molar-refractivity contribution < 1.29 is 17.9 Å². The fourth-order valence-electron chi connectivity index (χ4n) is 1.15. The predicted octanol–water partition coefficient (Wildman–Crippen LogP) is 2.41. The third kappa shape index (κ3) is 2.12. The Bertz CT molecular complexity index is 338. The van der Waals surface area contributed by atoms with E-state index in [1.54, 1.807) is 6.20 Å². The lowest BCUT2D eigenvalue weighted by Crippen LogP contribution is -2.16. The van der Waals surface area contributed by atoms with Gasteiger partial charge in [-0.15, -0.1) is 5.10 Å². The summed E-state index contributed by atoms with van der Waals surface area (Å²) in [5, 5.41) is 3.82. The summed E-state index contributed by atoms with van der Waals surface area (Å²) >= 11 is 1.89. The number of rotatable bonds is 2. The molecule has 0 aliphatic heterocycles. The predicted molar refractivity (Wildman–Crippen MR) is 50.2 cm³/mol. The van der Waals surface area contributed by atoms with Crippen molar-refractivity contribution in [2.45, 2.75) is 18.7 Å². The highest BCUT2D eigenvalue weighted by molar-refractivity contribution is 14.1. The van der Waals surface area contributed by atoms with Gasteiger partial charge in [0.1, 0.15) is 6.10 Å². The van der Waals surface area contributed by atoms with Gasteiger partial charge in [-0.05, 0) is 6.42 Å². The highest BCUT2D eigenvalue weighted by atomic mass is 127. The van der Waals surface area contributed by atoms with Crippen molar-refractivity contribution in [2.24, 2.45) is 5.92 Å². The van der Waals surface area contributed by atoms with Crippen LogP contribution in [-0.4, -0.2) is 20.3 Å². The average molecular weight is 318 g/mol. The third-order valence-electron chi connectivity index (χ3n) is 1.96. The van der Waals surface area contributed by atoms with Gasteiger partial charge in [0.25, 0.3) is 0 Å². The SMILES string of the molecule is FC(F)(F)[C@@H]1C[C@H]1Oc1ccn(I)n1. The molecule has 1 aromatic rings. The maximum atomic E-state index is 12.1. The van der Waals surface area contributed by atoms with Crippen molar-refractivity contribution in [1.29, 1.82) is 0 Å². The van der Waals surface area contributed by atoms with Crippen LogP contribution in [0.3, 0.4) is 0 Å². The van der Waals surface area contributed by atoms with Crippen LogP contribution in [0.1, 0.15) is 6.42 Å². The van der Waals surface area contributed by atoms with Gasteiger partial charge in [-0.2, -0.15) is 13.2 Å². The maximum Gasteiger partial charge on any atom is 0.395 e. The highest BCUT2D eigenvalue weighted by Crippen LogP contribution is 2.46. The van der Waals surface area contributed by atoms with Gasteiger partial charge in [0.05, 0.1) is 28.8 Å². The summed E-state index contributed by atoms with van der Waals surface area (Å²) in [5.41, 5.74) is 0. The van der Waals surface area contributed by atoms with E-state index in [4.69, 9.17) is 4.74 Å². The molecule has 2 rings (SSSR count). The van der Waals surface area contributed by atoms with Gasteiger partial charge in [-0.25, -0.2) is 2.90 Å². The molecule has 14 heavy (non-hydrogen) atoms. The van der Waals surface area contributed by atoms with Gasteiger partial charge in [0.2, 0.25) is 5.88 Å². The molecule has 1 saturated carbocycles. The molecule has 1 heterocycles. The Labute approximate surface area is 91.7 Å². The molecular formula is C7H6F3IN2O. The Morgan fingerprint density at radius 3 is 2.71 bits per heavy atom. The zero-order valence-corrected chi connectivity index (χ0v) is 8.99. The second-order valence-electron chi connectivity index (χ2n) is 3.08.